The van der Waals surface area contributed by atoms with Crippen LogP contribution in [0.3, 0.4) is 0 Å². The first-order valence-corrected chi connectivity index (χ1v) is 11.7. The number of likely N-dealkylation sites (N-methyl/N-ethyl adjacent to an activating group) is 1. The van der Waals surface area contributed by atoms with Gasteiger partial charge in [0.05, 0.1) is 24.7 Å². The van der Waals surface area contributed by atoms with Crippen molar-refractivity contribution in [3.05, 3.63) is 59.7 Å². The third-order valence-corrected chi connectivity index (χ3v) is 7.02. The van der Waals surface area contributed by atoms with Gasteiger partial charge in [-0.25, -0.2) is 13.2 Å². The van der Waals surface area contributed by atoms with Crippen molar-refractivity contribution in [2.75, 3.05) is 46.5 Å². The maximum absolute atomic E-state index is 13.0. The molecule has 2 amide bonds. The zero-order valence-electron chi connectivity index (χ0n) is 17.9. The Kier molecular flexibility index (Phi) is 7.89. The van der Waals surface area contributed by atoms with Crippen LogP contribution in [0, 0.1) is 6.92 Å². The molecule has 3 rings (SSSR count). The highest BCUT2D eigenvalue weighted by atomic mass is 32.2. The summed E-state index contributed by atoms with van der Waals surface area (Å²) in [7, 11) is -1.97. The molecule has 0 radical (unpaired) electrons. The second-order valence-corrected chi connectivity index (χ2v) is 9.28. The number of rotatable bonds is 8. The SMILES string of the molecule is Cc1cccc(OCCN(C)C(=O)NCc2ccccc2S(=O)(=O)N2CCOCC2)c1. The van der Waals surface area contributed by atoms with Gasteiger partial charge in [0.15, 0.2) is 0 Å². The van der Waals surface area contributed by atoms with Crippen molar-refractivity contribution in [1.82, 2.24) is 14.5 Å². The lowest BCUT2D eigenvalue weighted by Gasteiger charge is -2.27. The van der Waals surface area contributed by atoms with E-state index in [0.717, 1.165) is 11.3 Å². The van der Waals surface area contributed by atoms with Crippen molar-refractivity contribution in [3.8, 4) is 5.75 Å². The van der Waals surface area contributed by atoms with Crippen LogP contribution in [-0.4, -0.2) is 70.2 Å². The molecule has 0 saturated carbocycles. The smallest absolute Gasteiger partial charge is 0.317 e. The molecule has 1 N–H and O–H groups in total. The number of nitrogens with zero attached hydrogens (tertiary/aromatic N) is 2. The number of carbonyl (C=O) groups is 1. The first-order chi connectivity index (χ1) is 14.9. The molecule has 1 aliphatic rings. The van der Waals surface area contributed by atoms with Gasteiger partial charge in [-0.05, 0) is 36.2 Å². The second kappa shape index (κ2) is 10.6. The van der Waals surface area contributed by atoms with Gasteiger partial charge in [-0.3, -0.25) is 0 Å². The van der Waals surface area contributed by atoms with Crippen molar-refractivity contribution >= 4 is 16.1 Å². The minimum Gasteiger partial charge on any atom is -0.492 e. The van der Waals surface area contributed by atoms with Gasteiger partial charge in [-0.15, -0.1) is 0 Å². The number of urea groups is 1. The quantitative estimate of drug-likeness (QED) is 0.671. The number of sulfonamides is 1. The van der Waals surface area contributed by atoms with Crippen LogP contribution in [0.1, 0.15) is 11.1 Å². The average molecular weight is 448 g/mol. The van der Waals surface area contributed by atoms with Crippen molar-refractivity contribution in [3.63, 3.8) is 0 Å². The number of aryl methyl sites for hydroxylation is 1. The van der Waals surface area contributed by atoms with Crippen molar-refractivity contribution in [1.29, 1.82) is 0 Å². The summed E-state index contributed by atoms with van der Waals surface area (Å²) in [5, 5.41) is 2.80. The van der Waals surface area contributed by atoms with E-state index in [4.69, 9.17) is 9.47 Å². The average Bonchev–Trinajstić information content (AvgIpc) is 2.78. The normalized spacial score (nSPS) is 14.8. The van der Waals surface area contributed by atoms with Gasteiger partial charge >= 0.3 is 6.03 Å². The molecule has 168 valence electrons. The van der Waals surface area contributed by atoms with Crippen LogP contribution in [0.4, 0.5) is 4.79 Å². The Bertz CT molecular complexity index is 990. The van der Waals surface area contributed by atoms with Gasteiger partial charge in [0.1, 0.15) is 12.4 Å². The van der Waals surface area contributed by atoms with Gasteiger partial charge in [0.25, 0.3) is 0 Å². The lowest BCUT2D eigenvalue weighted by molar-refractivity contribution is 0.0730. The van der Waals surface area contributed by atoms with Crippen LogP contribution in [0.5, 0.6) is 5.75 Å². The monoisotopic (exact) mass is 447 g/mol. The summed E-state index contributed by atoms with van der Waals surface area (Å²) in [6, 6.07) is 14.2. The number of benzene rings is 2. The summed E-state index contributed by atoms with van der Waals surface area (Å²) >= 11 is 0. The molecule has 0 aromatic heterocycles. The molecule has 1 saturated heterocycles. The summed E-state index contributed by atoms with van der Waals surface area (Å²) in [5.74, 6) is 0.760. The van der Waals surface area contributed by atoms with Gasteiger partial charge < -0.3 is 19.7 Å². The predicted octanol–water partition coefficient (Wildman–Crippen LogP) is 2.24. The molecule has 0 bridgehead atoms. The van der Waals surface area contributed by atoms with Gasteiger partial charge in [-0.1, -0.05) is 30.3 Å². The van der Waals surface area contributed by atoms with Gasteiger partial charge in [-0.2, -0.15) is 4.31 Å². The summed E-state index contributed by atoms with van der Waals surface area (Å²) in [6.07, 6.45) is 0. The zero-order valence-corrected chi connectivity index (χ0v) is 18.7. The van der Waals surface area contributed by atoms with Crippen LogP contribution in [0.2, 0.25) is 0 Å². The largest absolute Gasteiger partial charge is 0.492 e. The van der Waals surface area contributed by atoms with Crippen LogP contribution in [0.25, 0.3) is 0 Å². The van der Waals surface area contributed by atoms with E-state index < -0.39 is 10.0 Å². The molecule has 1 heterocycles. The maximum Gasteiger partial charge on any atom is 0.317 e. The predicted molar refractivity (Wildman–Crippen MR) is 118 cm³/mol. The number of ether oxygens (including phenoxy) is 2. The Balaban J connectivity index is 1.55. The zero-order chi connectivity index (χ0) is 22.3. The molecule has 0 spiro atoms. The molecule has 2 aromatic carbocycles. The molecule has 0 atom stereocenters. The molecule has 1 fully saturated rings. The van der Waals surface area contributed by atoms with Crippen molar-refractivity contribution < 1.29 is 22.7 Å². The number of hydrogen-bond acceptors (Lipinski definition) is 5. The maximum atomic E-state index is 13.0. The van der Waals surface area contributed by atoms with E-state index in [0.29, 0.717) is 45.0 Å². The first-order valence-electron chi connectivity index (χ1n) is 10.2. The minimum atomic E-state index is -3.64. The lowest BCUT2D eigenvalue weighted by Crippen LogP contribution is -2.41. The van der Waals surface area contributed by atoms with Gasteiger partial charge in [0, 0.05) is 26.7 Å². The Labute approximate surface area is 183 Å². The van der Waals surface area contributed by atoms with E-state index in [-0.39, 0.29) is 17.5 Å². The number of nitrogens with one attached hydrogen (secondary N) is 1. The van der Waals surface area contributed by atoms with Crippen LogP contribution in [0.15, 0.2) is 53.4 Å². The van der Waals surface area contributed by atoms with E-state index in [1.165, 1.54) is 9.21 Å². The third kappa shape index (κ3) is 6.19. The Morgan fingerprint density at radius 1 is 1.16 bits per heavy atom. The highest BCUT2D eigenvalue weighted by Gasteiger charge is 2.28. The second-order valence-electron chi connectivity index (χ2n) is 7.37. The fourth-order valence-corrected chi connectivity index (χ4v) is 4.87. The van der Waals surface area contributed by atoms with E-state index in [1.54, 1.807) is 31.3 Å². The standard InChI is InChI=1S/C22H29N3O5S/c1-18-6-5-8-20(16-18)30-15-10-24(2)22(26)23-17-19-7-3-4-9-21(19)31(27,28)25-11-13-29-14-12-25/h3-9,16H,10-15,17H2,1-2H3,(H,23,26). The van der Waals surface area contributed by atoms with E-state index >= 15 is 0 Å². The third-order valence-electron chi connectivity index (χ3n) is 5.02. The highest BCUT2D eigenvalue weighted by molar-refractivity contribution is 7.89. The summed E-state index contributed by atoms with van der Waals surface area (Å²) in [6.45, 7) is 4.27. The summed E-state index contributed by atoms with van der Waals surface area (Å²) in [5.41, 5.74) is 1.65. The highest BCUT2D eigenvalue weighted by Crippen LogP contribution is 2.21. The number of morpholine rings is 1. The van der Waals surface area contributed by atoms with Crippen molar-refractivity contribution in [2.24, 2.45) is 0 Å². The molecular weight excluding hydrogens is 418 g/mol. The van der Waals surface area contributed by atoms with Crippen LogP contribution >= 0.6 is 0 Å². The van der Waals surface area contributed by atoms with Gasteiger partial charge in [0.2, 0.25) is 10.0 Å². The summed E-state index contributed by atoms with van der Waals surface area (Å²) in [4.78, 5) is 14.2. The minimum absolute atomic E-state index is 0.113. The lowest BCUT2D eigenvalue weighted by atomic mass is 10.2. The molecule has 2 aromatic rings. The Morgan fingerprint density at radius 3 is 2.65 bits per heavy atom. The first kappa shape index (κ1) is 23.1. The molecule has 0 unspecified atom stereocenters. The number of carbonyl (C=O) groups excluding carboxylic acids is 1. The number of hydrogen-bond donors (Lipinski definition) is 1. The molecule has 1 aliphatic heterocycles. The van der Waals surface area contributed by atoms with Crippen molar-refractivity contribution in [2.45, 2.75) is 18.4 Å². The van der Waals surface area contributed by atoms with E-state index in [9.17, 15) is 13.2 Å². The van der Waals surface area contributed by atoms with Crippen LogP contribution in [-0.2, 0) is 21.3 Å². The Hall–Kier alpha value is -2.62. The molecule has 8 nitrogen and oxygen atoms in total. The summed E-state index contributed by atoms with van der Waals surface area (Å²) < 4.78 is 38.4. The molecule has 9 heteroatoms. The van der Waals surface area contributed by atoms with Crippen LogP contribution < -0.4 is 10.1 Å². The van der Waals surface area contributed by atoms with E-state index in [2.05, 4.69) is 5.32 Å². The van der Waals surface area contributed by atoms with E-state index in [1.807, 2.05) is 31.2 Å². The molecular formula is C22H29N3O5S. The molecule has 31 heavy (non-hydrogen) atoms. The fraction of sp³-hybridized carbons (Fsp3) is 0.409. The molecule has 0 aliphatic carbocycles. The fourth-order valence-electron chi connectivity index (χ4n) is 3.24. The topological polar surface area (TPSA) is 88.2 Å². The number of amides is 2. The Morgan fingerprint density at radius 2 is 1.90 bits per heavy atom.